The highest BCUT2D eigenvalue weighted by Gasteiger charge is 2.30. The van der Waals surface area contributed by atoms with E-state index in [2.05, 4.69) is 21.9 Å². The fraction of sp³-hybridized carbons (Fsp3) is 0.467. The predicted octanol–water partition coefficient (Wildman–Crippen LogP) is 2.64. The number of nitrogens with zero attached hydrogens (tertiary/aromatic N) is 4. The molecular formula is C15H17ClN4. The third-order valence-electron chi connectivity index (χ3n) is 3.76. The maximum absolute atomic E-state index is 9.17. The number of piperazine rings is 1. The number of halogens is 1. The van der Waals surface area contributed by atoms with E-state index in [4.69, 9.17) is 16.9 Å². The van der Waals surface area contributed by atoms with E-state index in [9.17, 15) is 5.26 Å². The summed E-state index contributed by atoms with van der Waals surface area (Å²) >= 11 is 6.24. The molecule has 0 amide bonds. The monoisotopic (exact) mass is 288 g/mol. The van der Waals surface area contributed by atoms with Gasteiger partial charge in [-0.1, -0.05) is 11.6 Å². The van der Waals surface area contributed by atoms with Crippen LogP contribution in [0.15, 0.2) is 18.2 Å². The summed E-state index contributed by atoms with van der Waals surface area (Å²) in [7, 11) is 0. The number of hydrogen-bond donors (Lipinski definition) is 0. The Morgan fingerprint density at radius 3 is 2.30 bits per heavy atom. The van der Waals surface area contributed by atoms with E-state index >= 15 is 0 Å². The van der Waals surface area contributed by atoms with Gasteiger partial charge in [0.1, 0.15) is 5.54 Å². The first-order valence-electron chi connectivity index (χ1n) is 6.59. The molecule has 0 aliphatic carbocycles. The van der Waals surface area contributed by atoms with Gasteiger partial charge in [-0.05, 0) is 32.0 Å². The van der Waals surface area contributed by atoms with Crippen LogP contribution in [0.25, 0.3) is 0 Å². The lowest BCUT2D eigenvalue weighted by molar-refractivity contribution is 0.158. The third-order valence-corrected chi connectivity index (χ3v) is 4.06. The van der Waals surface area contributed by atoms with Gasteiger partial charge in [0.25, 0.3) is 0 Å². The third kappa shape index (κ3) is 2.88. The fourth-order valence-corrected chi connectivity index (χ4v) is 2.71. The lowest BCUT2D eigenvalue weighted by Crippen LogP contribution is -2.54. The van der Waals surface area contributed by atoms with Crippen molar-refractivity contribution in [2.45, 2.75) is 19.4 Å². The van der Waals surface area contributed by atoms with Gasteiger partial charge in [-0.2, -0.15) is 10.5 Å². The van der Waals surface area contributed by atoms with Crippen molar-refractivity contribution in [3.05, 3.63) is 28.8 Å². The van der Waals surface area contributed by atoms with Crippen LogP contribution in [0.2, 0.25) is 5.02 Å². The van der Waals surface area contributed by atoms with Gasteiger partial charge >= 0.3 is 0 Å². The average Bonchev–Trinajstić information content (AvgIpc) is 2.47. The Labute approximate surface area is 124 Å². The van der Waals surface area contributed by atoms with Crippen LogP contribution in [0.5, 0.6) is 0 Å². The summed E-state index contributed by atoms with van der Waals surface area (Å²) in [4.78, 5) is 4.38. The number of nitriles is 2. The van der Waals surface area contributed by atoms with Crippen LogP contribution in [0.3, 0.4) is 0 Å². The topological polar surface area (TPSA) is 54.1 Å². The average molecular weight is 289 g/mol. The Morgan fingerprint density at radius 2 is 1.80 bits per heavy atom. The minimum Gasteiger partial charge on any atom is -0.368 e. The Hall–Kier alpha value is -1.75. The van der Waals surface area contributed by atoms with E-state index in [0.29, 0.717) is 10.6 Å². The second-order valence-corrected chi connectivity index (χ2v) is 5.83. The SMILES string of the molecule is CC(C)(C#N)N1CCN(c2ccc(C#N)cc2Cl)CC1. The summed E-state index contributed by atoms with van der Waals surface area (Å²) in [5.74, 6) is 0. The second-order valence-electron chi connectivity index (χ2n) is 5.42. The molecule has 0 spiro atoms. The van der Waals surface area contributed by atoms with Crippen molar-refractivity contribution >= 4 is 17.3 Å². The van der Waals surface area contributed by atoms with E-state index in [1.165, 1.54) is 0 Å². The number of rotatable bonds is 2. The maximum atomic E-state index is 9.17. The molecule has 5 heteroatoms. The number of anilines is 1. The normalized spacial score (nSPS) is 16.6. The van der Waals surface area contributed by atoms with Crippen molar-refractivity contribution in [2.24, 2.45) is 0 Å². The molecule has 104 valence electrons. The van der Waals surface area contributed by atoms with Crippen molar-refractivity contribution in [1.29, 1.82) is 10.5 Å². The van der Waals surface area contributed by atoms with Crippen LogP contribution in [-0.4, -0.2) is 36.6 Å². The van der Waals surface area contributed by atoms with Gasteiger partial charge in [0, 0.05) is 26.2 Å². The van der Waals surface area contributed by atoms with Crippen LogP contribution in [0, 0.1) is 22.7 Å². The Balaban J connectivity index is 2.09. The summed E-state index contributed by atoms with van der Waals surface area (Å²) in [5, 5.41) is 18.6. The number of hydrogen-bond acceptors (Lipinski definition) is 4. The molecule has 1 saturated heterocycles. The van der Waals surface area contributed by atoms with Crippen molar-refractivity contribution in [3.8, 4) is 12.1 Å². The van der Waals surface area contributed by atoms with Gasteiger partial charge in [-0.15, -0.1) is 0 Å². The molecule has 20 heavy (non-hydrogen) atoms. The zero-order valence-corrected chi connectivity index (χ0v) is 12.5. The highest BCUT2D eigenvalue weighted by Crippen LogP contribution is 2.28. The molecular weight excluding hydrogens is 272 g/mol. The van der Waals surface area contributed by atoms with Crippen LogP contribution in [0.1, 0.15) is 19.4 Å². The lowest BCUT2D eigenvalue weighted by Gasteiger charge is -2.41. The van der Waals surface area contributed by atoms with E-state index < -0.39 is 5.54 Å². The van der Waals surface area contributed by atoms with E-state index in [1.54, 1.807) is 12.1 Å². The quantitative estimate of drug-likeness (QED) is 0.839. The molecule has 0 N–H and O–H groups in total. The lowest BCUT2D eigenvalue weighted by atomic mass is 10.0. The van der Waals surface area contributed by atoms with E-state index in [1.807, 2.05) is 19.9 Å². The predicted molar refractivity (Wildman–Crippen MR) is 79.6 cm³/mol. The molecule has 1 aromatic carbocycles. The second kappa shape index (κ2) is 5.71. The summed E-state index contributed by atoms with van der Waals surface area (Å²) in [6.07, 6.45) is 0. The van der Waals surface area contributed by atoms with E-state index in [-0.39, 0.29) is 0 Å². The highest BCUT2D eigenvalue weighted by atomic mass is 35.5. The summed E-state index contributed by atoms with van der Waals surface area (Å²) in [6, 6.07) is 9.80. The van der Waals surface area contributed by atoms with Crippen molar-refractivity contribution in [2.75, 3.05) is 31.1 Å². The standard InChI is InChI=1S/C15H17ClN4/c1-15(2,11-18)20-7-5-19(6-8-20)14-4-3-12(10-17)9-13(14)16/h3-4,9H,5-8H2,1-2H3. The molecule has 0 aromatic heterocycles. The summed E-state index contributed by atoms with van der Waals surface area (Å²) in [6.45, 7) is 7.20. The molecule has 4 nitrogen and oxygen atoms in total. The molecule has 1 fully saturated rings. The van der Waals surface area contributed by atoms with E-state index in [0.717, 1.165) is 31.9 Å². The molecule has 0 radical (unpaired) electrons. The van der Waals surface area contributed by atoms with Gasteiger partial charge in [0.05, 0.1) is 28.4 Å². The van der Waals surface area contributed by atoms with Gasteiger partial charge in [-0.3, -0.25) is 4.90 Å². The molecule has 0 atom stereocenters. The molecule has 2 rings (SSSR count). The minimum absolute atomic E-state index is 0.430. The van der Waals surface area contributed by atoms with Crippen molar-refractivity contribution < 1.29 is 0 Å². The van der Waals surface area contributed by atoms with Gasteiger partial charge in [0.2, 0.25) is 0 Å². The van der Waals surface area contributed by atoms with Crippen LogP contribution in [0.4, 0.5) is 5.69 Å². The van der Waals surface area contributed by atoms with Crippen molar-refractivity contribution in [3.63, 3.8) is 0 Å². The molecule has 1 heterocycles. The molecule has 1 aromatic rings. The van der Waals surface area contributed by atoms with Crippen LogP contribution >= 0.6 is 11.6 Å². The first-order valence-corrected chi connectivity index (χ1v) is 6.96. The molecule has 0 saturated carbocycles. The zero-order valence-electron chi connectivity index (χ0n) is 11.7. The molecule has 1 aliphatic rings. The number of benzene rings is 1. The Kier molecular flexibility index (Phi) is 4.18. The molecule has 0 unspecified atom stereocenters. The first-order chi connectivity index (χ1) is 9.47. The zero-order chi connectivity index (χ0) is 14.8. The van der Waals surface area contributed by atoms with Crippen LogP contribution < -0.4 is 4.90 Å². The van der Waals surface area contributed by atoms with Gasteiger partial charge in [0.15, 0.2) is 0 Å². The first kappa shape index (κ1) is 14.7. The molecule has 1 aliphatic heterocycles. The maximum Gasteiger partial charge on any atom is 0.103 e. The Bertz CT molecular complexity index is 575. The largest absolute Gasteiger partial charge is 0.368 e. The highest BCUT2D eigenvalue weighted by molar-refractivity contribution is 6.33. The van der Waals surface area contributed by atoms with Gasteiger partial charge < -0.3 is 4.90 Å². The fourth-order valence-electron chi connectivity index (χ4n) is 2.41. The van der Waals surface area contributed by atoms with Gasteiger partial charge in [-0.25, -0.2) is 0 Å². The molecule has 0 bridgehead atoms. The Morgan fingerprint density at radius 1 is 1.15 bits per heavy atom. The summed E-state index contributed by atoms with van der Waals surface area (Å²) in [5.41, 5.74) is 1.10. The van der Waals surface area contributed by atoms with Crippen molar-refractivity contribution in [1.82, 2.24) is 4.90 Å². The summed E-state index contributed by atoms with van der Waals surface area (Å²) < 4.78 is 0. The smallest absolute Gasteiger partial charge is 0.103 e. The van der Waals surface area contributed by atoms with Crippen LogP contribution in [-0.2, 0) is 0 Å². The minimum atomic E-state index is -0.430.